The molecule has 1 fully saturated rings. The highest BCUT2D eigenvalue weighted by molar-refractivity contribution is 5.76. The Bertz CT molecular complexity index is 200. The van der Waals surface area contributed by atoms with Gasteiger partial charge < -0.3 is 4.90 Å². The average molecular weight is 197 g/mol. The van der Waals surface area contributed by atoms with Gasteiger partial charge in [-0.1, -0.05) is 13.8 Å². The van der Waals surface area contributed by atoms with E-state index in [1.54, 1.807) is 6.92 Å². The monoisotopic (exact) mass is 197 g/mol. The molecular formula is C12H23NO. The number of carbonyl (C=O) groups is 1. The Balaban J connectivity index is 2.37. The molecule has 0 bridgehead atoms. The van der Waals surface area contributed by atoms with E-state index >= 15 is 0 Å². The fourth-order valence-electron chi connectivity index (χ4n) is 2.12. The summed E-state index contributed by atoms with van der Waals surface area (Å²) < 4.78 is 0. The van der Waals surface area contributed by atoms with Crippen LogP contribution in [0, 0.1) is 5.41 Å². The van der Waals surface area contributed by atoms with E-state index in [1.807, 2.05) is 0 Å². The van der Waals surface area contributed by atoms with Gasteiger partial charge in [-0.2, -0.15) is 0 Å². The predicted molar refractivity (Wildman–Crippen MR) is 59.3 cm³/mol. The lowest BCUT2D eigenvalue weighted by Gasteiger charge is -2.39. The maximum Gasteiger partial charge on any atom is 0.131 e. The lowest BCUT2D eigenvalue weighted by molar-refractivity contribution is -0.118. The minimum atomic E-state index is 0.308. The van der Waals surface area contributed by atoms with E-state index < -0.39 is 0 Å². The van der Waals surface area contributed by atoms with Gasteiger partial charge in [-0.15, -0.1) is 0 Å². The highest BCUT2D eigenvalue weighted by Crippen LogP contribution is 2.30. The van der Waals surface area contributed by atoms with Gasteiger partial charge >= 0.3 is 0 Å². The average Bonchev–Trinajstić information content (AvgIpc) is 2.02. The molecule has 1 rings (SSSR count). The summed E-state index contributed by atoms with van der Waals surface area (Å²) in [5.41, 5.74) is 0.506. The van der Waals surface area contributed by atoms with Crippen LogP contribution in [0.3, 0.4) is 0 Å². The van der Waals surface area contributed by atoms with Crippen molar-refractivity contribution in [2.45, 2.75) is 53.0 Å². The van der Waals surface area contributed by atoms with Crippen LogP contribution in [-0.4, -0.2) is 29.8 Å². The number of hydrogen-bond donors (Lipinski definition) is 0. The minimum absolute atomic E-state index is 0.308. The maximum atomic E-state index is 11.0. The second-order valence-corrected chi connectivity index (χ2v) is 5.46. The lowest BCUT2D eigenvalue weighted by atomic mass is 9.82. The Kier molecular flexibility index (Phi) is 3.71. The molecule has 1 atom stereocenters. The molecule has 2 heteroatoms. The topological polar surface area (TPSA) is 20.3 Å². The van der Waals surface area contributed by atoms with E-state index in [0.717, 1.165) is 13.1 Å². The van der Waals surface area contributed by atoms with Crippen molar-refractivity contribution in [2.75, 3.05) is 13.1 Å². The number of piperidine rings is 1. The Morgan fingerprint density at radius 3 is 2.29 bits per heavy atom. The van der Waals surface area contributed by atoms with Gasteiger partial charge in [0.25, 0.3) is 0 Å². The molecule has 1 heterocycles. The van der Waals surface area contributed by atoms with Crippen LogP contribution in [0.2, 0.25) is 0 Å². The summed E-state index contributed by atoms with van der Waals surface area (Å²) in [5.74, 6) is 0.308. The summed E-state index contributed by atoms with van der Waals surface area (Å²) in [6, 6.07) is 0.434. The van der Waals surface area contributed by atoms with Gasteiger partial charge in [0, 0.05) is 12.5 Å². The van der Waals surface area contributed by atoms with Crippen LogP contribution in [0.1, 0.15) is 47.0 Å². The molecule has 2 nitrogen and oxygen atoms in total. The fourth-order valence-corrected chi connectivity index (χ4v) is 2.12. The standard InChI is InChI=1S/C12H23NO/c1-10(9-11(2)14)13-7-5-12(3,4)6-8-13/h10H,5-9H2,1-4H3. The Labute approximate surface area is 87.7 Å². The third kappa shape index (κ3) is 3.41. The van der Waals surface area contributed by atoms with Gasteiger partial charge in [0.1, 0.15) is 5.78 Å². The predicted octanol–water partition coefficient (Wildman–Crippen LogP) is 2.48. The molecule has 0 N–H and O–H groups in total. The van der Waals surface area contributed by atoms with Crippen LogP contribution in [-0.2, 0) is 4.79 Å². The molecule has 0 spiro atoms. The van der Waals surface area contributed by atoms with Crippen molar-refractivity contribution in [3.05, 3.63) is 0 Å². The van der Waals surface area contributed by atoms with Gasteiger partial charge in [0.05, 0.1) is 0 Å². The normalized spacial score (nSPS) is 24.6. The first-order valence-electron chi connectivity index (χ1n) is 5.64. The highest BCUT2D eigenvalue weighted by atomic mass is 16.1. The van der Waals surface area contributed by atoms with E-state index in [-0.39, 0.29) is 0 Å². The van der Waals surface area contributed by atoms with Crippen molar-refractivity contribution in [1.29, 1.82) is 0 Å². The van der Waals surface area contributed by atoms with E-state index in [1.165, 1.54) is 12.8 Å². The molecule has 1 aliphatic heterocycles. The zero-order valence-electron chi connectivity index (χ0n) is 9.97. The smallest absolute Gasteiger partial charge is 0.131 e. The van der Waals surface area contributed by atoms with E-state index in [0.29, 0.717) is 23.7 Å². The first kappa shape index (κ1) is 11.7. The summed E-state index contributed by atoms with van der Waals surface area (Å²) in [6.45, 7) is 10.8. The Morgan fingerprint density at radius 2 is 1.86 bits per heavy atom. The van der Waals surface area contributed by atoms with Gasteiger partial charge in [-0.25, -0.2) is 0 Å². The van der Waals surface area contributed by atoms with Crippen molar-refractivity contribution in [3.63, 3.8) is 0 Å². The summed E-state index contributed by atoms with van der Waals surface area (Å²) >= 11 is 0. The first-order chi connectivity index (χ1) is 6.41. The van der Waals surface area contributed by atoms with Gasteiger partial charge in [0.15, 0.2) is 0 Å². The second kappa shape index (κ2) is 4.43. The van der Waals surface area contributed by atoms with E-state index in [4.69, 9.17) is 0 Å². The van der Waals surface area contributed by atoms with Crippen molar-refractivity contribution in [3.8, 4) is 0 Å². The van der Waals surface area contributed by atoms with Crippen molar-refractivity contribution < 1.29 is 4.79 Å². The molecule has 1 aliphatic rings. The fraction of sp³-hybridized carbons (Fsp3) is 0.917. The second-order valence-electron chi connectivity index (χ2n) is 5.46. The lowest BCUT2D eigenvalue weighted by Crippen LogP contribution is -2.43. The Hall–Kier alpha value is -0.370. The van der Waals surface area contributed by atoms with Crippen LogP contribution < -0.4 is 0 Å². The molecule has 0 amide bonds. The maximum absolute atomic E-state index is 11.0. The van der Waals surface area contributed by atoms with E-state index in [2.05, 4.69) is 25.7 Å². The Morgan fingerprint density at radius 1 is 1.36 bits per heavy atom. The van der Waals surface area contributed by atoms with Crippen LogP contribution in [0.15, 0.2) is 0 Å². The number of nitrogens with zero attached hydrogens (tertiary/aromatic N) is 1. The SMILES string of the molecule is CC(=O)CC(C)N1CCC(C)(C)CC1. The largest absolute Gasteiger partial charge is 0.300 e. The zero-order valence-corrected chi connectivity index (χ0v) is 9.97. The van der Waals surface area contributed by atoms with Gasteiger partial charge in [0.2, 0.25) is 0 Å². The molecule has 0 radical (unpaired) electrons. The van der Waals surface area contributed by atoms with Crippen LogP contribution >= 0.6 is 0 Å². The molecule has 14 heavy (non-hydrogen) atoms. The number of rotatable bonds is 3. The van der Waals surface area contributed by atoms with Crippen LogP contribution in [0.5, 0.6) is 0 Å². The first-order valence-corrected chi connectivity index (χ1v) is 5.64. The van der Waals surface area contributed by atoms with Crippen molar-refractivity contribution in [1.82, 2.24) is 4.90 Å². The summed E-state index contributed by atoms with van der Waals surface area (Å²) in [7, 11) is 0. The van der Waals surface area contributed by atoms with Gasteiger partial charge in [-0.05, 0) is 45.2 Å². The molecule has 0 aromatic rings. The third-order valence-electron chi connectivity index (χ3n) is 3.36. The molecule has 0 aliphatic carbocycles. The molecular weight excluding hydrogens is 174 g/mol. The number of likely N-dealkylation sites (tertiary alicyclic amines) is 1. The molecule has 1 saturated heterocycles. The van der Waals surface area contributed by atoms with E-state index in [9.17, 15) is 4.79 Å². The third-order valence-corrected chi connectivity index (χ3v) is 3.36. The quantitative estimate of drug-likeness (QED) is 0.692. The van der Waals surface area contributed by atoms with Gasteiger partial charge in [-0.3, -0.25) is 4.79 Å². The zero-order chi connectivity index (χ0) is 10.8. The molecule has 82 valence electrons. The number of carbonyl (C=O) groups excluding carboxylic acids is 1. The summed E-state index contributed by atoms with van der Waals surface area (Å²) in [6.07, 6.45) is 3.23. The molecule has 0 aromatic carbocycles. The molecule has 0 saturated carbocycles. The minimum Gasteiger partial charge on any atom is -0.300 e. The molecule has 1 unspecified atom stereocenters. The molecule has 0 aromatic heterocycles. The van der Waals surface area contributed by atoms with Crippen LogP contribution in [0.4, 0.5) is 0 Å². The van der Waals surface area contributed by atoms with Crippen molar-refractivity contribution in [2.24, 2.45) is 5.41 Å². The van der Waals surface area contributed by atoms with Crippen molar-refractivity contribution >= 4 is 5.78 Å². The number of hydrogen-bond acceptors (Lipinski definition) is 2. The summed E-state index contributed by atoms with van der Waals surface area (Å²) in [5, 5.41) is 0. The highest BCUT2D eigenvalue weighted by Gasteiger charge is 2.27. The number of Topliss-reactive ketones (excluding diaryl/α,β-unsaturated/α-hetero) is 1. The summed E-state index contributed by atoms with van der Waals surface area (Å²) in [4.78, 5) is 13.4. The van der Waals surface area contributed by atoms with Crippen LogP contribution in [0.25, 0.3) is 0 Å². The number of ketones is 1.